The summed E-state index contributed by atoms with van der Waals surface area (Å²) in [7, 11) is 0. The van der Waals surface area contributed by atoms with Crippen molar-refractivity contribution in [1.29, 1.82) is 0 Å². The van der Waals surface area contributed by atoms with Gasteiger partial charge in [0.1, 0.15) is 10.4 Å². The maximum atomic E-state index is 12.7. The summed E-state index contributed by atoms with van der Waals surface area (Å²) >= 11 is 6.31. The van der Waals surface area contributed by atoms with Crippen molar-refractivity contribution in [3.05, 3.63) is 41.1 Å². The maximum Gasteiger partial charge on any atom is 0.327 e. The zero-order chi connectivity index (χ0) is 18.1. The molecule has 1 aromatic heterocycles. The Morgan fingerprint density at radius 3 is 2.64 bits per heavy atom. The van der Waals surface area contributed by atoms with Crippen LogP contribution in [0.15, 0.2) is 35.4 Å². The quantitative estimate of drug-likeness (QED) is 0.651. The average molecular weight is 373 g/mol. The first-order chi connectivity index (χ1) is 11.9. The van der Waals surface area contributed by atoms with E-state index in [1.807, 2.05) is 24.3 Å². The van der Waals surface area contributed by atoms with Gasteiger partial charge in [0.25, 0.3) is 5.91 Å². The summed E-state index contributed by atoms with van der Waals surface area (Å²) < 4.78 is 0.242. The number of benzene rings is 1. The van der Waals surface area contributed by atoms with Gasteiger partial charge in [-0.1, -0.05) is 50.0 Å². The summed E-state index contributed by atoms with van der Waals surface area (Å²) in [4.78, 5) is 34.5. The first-order valence-electron chi connectivity index (χ1n) is 7.60. The van der Waals surface area contributed by atoms with Crippen molar-refractivity contribution in [1.82, 2.24) is 14.9 Å². The standard InChI is InChI=1S/C17H15N3O3S2/c1-9(2)14(16(22)23)20-15(21)13(25-17(20)24)7-10-8-18-11-5-3-4-6-12(11)19-10/h3-9,14H,1-2H3,(H,22,23). The van der Waals surface area contributed by atoms with E-state index in [2.05, 4.69) is 9.97 Å². The Balaban J connectivity index is 1.95. The van der Waals surface area contributed by atoms with Gasteiger partial charge in [-0.15, -0.1) is 0 Å². The zero-order valence-corrected chi connectivity index (χ0v) is 15.2. The highest BCUT2D eigenvalue weighted by Crippen LogP contribution is 2.35. The third kappa shape index (κ3) is 3.40. The Kier molecular flexibility index (Phi) is 4.82. The molecule has 0 spiro atoms. The number of amides is 1. The van der Waals surface area contributed by atoms with Crippen LogP contribution < -0.4 is 0 Å². The van der Waals surface area contributed by atoms with Crippen molar-refractivity contribution in [2.45, 2.75) is 19.9 Å². The van der Waals surface area contributed by atoms with Crippen molar-refractivity contribution >= 4 is 57.3 Å². The number of thiocarbonyl (C=S) groups is 1. The number of rotatable bonds is 4. The highest BCUT2D eigenvalue weighted by Gasteiger charge is 2.41. The second-order valence-corrected chi connectivity index (χ2v) is 7.54. The zero-order valence-electron chi connectivity index (χ0n) is 13.5. The Hall–Kier alpha value is -2.32. The minimum Gasteiger partial charge on any atom is -0.480 e. The van der Waals surface area contributed by atoms with Crippen molar-refractivity contribution in [2.24, 2.45) is 5.92 Å². The van der Waals surface area contributed by atoms with E-state index in [0.717, 1.165) is 22.8 Å². The van der Waals surface area contributed by atoms with E-state index >= 15 is 0 Å². The second-order valence-electron chi connectivity index (χ2n) is 5.86. The Morgan fingerprint density at radius 2 is 2.00 bits per heavy atom. The molecule has 1 amide bonds. The van der Waals surface area contributed by atoms with Gasteiger partial charge < -0.3 is 5.11 Å². The molecule has 1 N–H and O–H groups in total. The first kappa shape index (κ1) is 17.5. The molecular formula is C17H15N3O3S2. The predicted molar refractivity (Wildman–Crippen MR) is 101 cm³/mol. The molecule has 2 aromatic rings. The number of carbonyl (C=O) groups is 2. The van der Waals surface area contributed by atoms with Crippen LogP contribution in [0, 0.1) is 5.92 Å². The fraction of sp³-hybridized carbons (Fsp3) is 0.235. The predicted octanol–water partition coefficient (Wildman–Crippen LogP) is 2.94. The summed E-state index contributed by atoms with van der Waals surface area (Å²) in [5, 5.41) is 9.43. The lowest BCUT2D eigenvalue weighted by molar-refractivity contribution is -0.146. The first-order valence-corrected chi connectivity index (χ1v) is 8.82. The van der Waals surface area contributed by atoms with Crippen LogP contribution in [0.2, 0.25) is 0 Å². The van der Waals surface area contributed by atoms with Crippen LogP contribution in [0.3, 0.4) is 0 Å². The summed E-state index contributed by atoms with van der Waals surface area (Å²) in [6, 6.07) is 6.44. The van der Waals surface area contributed by atoms with E-state index < -0.39 is 17.9 Å². The third-order valence-corrected chi connectivity index (χ3v) is 5.06. The molecule has 0 bridgehead atoms. The van der Waals surface area contributed by atoms with Gasteiger partial charge in [0.05, 0.1) is 27.8 Å². The van der Waals surface area contributed by atoms with Gasteiger partial charge in [0.15, 0.2) is 0 Å². The fourth-order valence-corrected chi connectivity index (χ4v) is 3.90. The van der Waals surface area contributed by atoms with E-state index in [0.29, 0.717) is 10.6 Å². The molecular weight excluding hydrogens is 358 g/mol. The second kappa shape index (κ2) is 6.89. The van der Waals surface area contributed by atoms with Gasteiger partial charge in [0.2, 0.25) is 0 Å². The average Bonchev–Trinajstić information content (AvgIpc) is 2.82. The number of hydrogen-bond acceptors (Lipinski definition) is 6. The van der Waals surface area contributed by atoms with Crippen molar-refractivity contribution < 1.29 is 14.7 Å². The number of fused-ring (bicyclic) bond motifs is 1. The fourth-order valence-electron chi connectivity index (χ4n) is 2.59. The molecule has 8 heteroatoms. The summed E-state index contributed by atoms with van der Waals surface area (Å²) in [5.74, 6) is -1.75. The summed E-state index contributed by atoms with van der Waals surface area (Å²) in [6.07, 6.45) is 3.17. The lowest BCUT2D eigenvalue weighted by Gasteiger charge is -2.26. The van der Waals surface area contributed by atoms with Crippen LogP contribution >= 0.6 is 24.0 Å². The minimum atomic E-state index is -1.07. The highest BCUT2D eigenvalue weighted by molar-refractivity contribution is 8.26. The number of carbonyl (C=O) groups excluding carboxylic acids is 1. The molecule has 25 heavy (non-hydrogen) atoms. The summed E-state index contributed by atoms with van der Waals surface area (Å²) in [6.45, 7) is 3.49. The van der Waals surface area contributed by atoms with E-state index in [4.69, 9.17) is 12.2 Å². The SMILES string of the molecule is CC(C)C(C(=O)O)N1C(=O)C(=Cc2cnc3ccccc3n2)SC1=S. The van der Waals surface area contributed by atoms with Crippen molar-refractivity contribution in [2.75, 3.05) is 0 Å². The van der Waals surface area contributed by atoms with E-state index in [9.17, 15) is 14.7 Å². The van der Waals surface area contributed by atoms with Crippen LogP contribution in [0.1, 0.15) is 19.5 Å². The molecule has 1 atom stereocenters. The molecule has 128 valence electrons. The lowest BCUT2D eigenvalue weighted by atomic mass is 10.0. The van der Waals surface area contributed by atoms with Crippen LogP contribution in [-0.2, 0) is 9.59 Å². The Morgan fingerprint density at radius 1 is 1.32 bits per heavy atom. The number of carboxylic acids is 1. The Labute approximate surface area is 154 Å². The molecule has 1 fully saturated rings. The van der Waals surface area contributed by atoms with Crippen LogP contribution in [0.5, 0.6) is 0 Å². The molecule has 1 saturated heterocycles. The molecule has 1 aromatic carbocycles. The van der Waals surface area contributed by atoms with Gasteiger partial charge in [0, 0.05) is 0 Å². The number of carboxylic acid groups (broad SMARTS) is 1. The largest absolute Gasteiger partial charge is 0.480 e. The van der Waals surface area contributed by atoms with Gasteiger partial charge >= 0.3 is 5.97 Å². The highest BCUT2D eigenvalue weighted by atomic mass is 32.2. The smallest absolute Gasteiger partial charge is 0.327 e. The molecule has 6 nitrogen and oxygen atoms in total. The molecule has 1 aliphatic heterocycles. The van der Waals surface area contributed by atoms with Crippen LogP contribution in [0.4, 0.5) is 0 Å². The van der Waals surface area contributed by atoms with Gasteiger partial charge in [-0.3, -0.25) is 14.7 Å². The maximum absolute atomic E-state index is 12.7. The van der Waals surface area contributed by atoms with E-state index in [1.165, 1.54) is 4.90 Å². The number of hydrogen-bond donors (Lipinski definition) is 1. The minimum absolute atomic E-state index is 0.242. The van der Waals surface area contributed by atoms with Crippen molar-refractivity contribution in [3.8, 4) is 0 Å². The molecule has 2 heterocycles. The van der Waals surface area contributed by atoms with E-state index in [1.54, 1.807) is 26.1 Å². The monoisotopic (exact) mass is 373 g/mol. The normalized spacial score (nSPS) is 17.7. The molecule has 0 aliphatic carbocycles. The number of para-hydroxylation sites is 2. The number of aromatic nitrogens is 2. The van der Waals surface area contributed by atoms with Gasteiger partial charge in [-0.05, 0) is 24.1 Å². The number of nitrogens with zero attached hydrogens (tertiary/aromatic N) is 3. The third-order valence-electron chi connectivity index (χ3n) is 3.73. The summed E-state index contributed by atoms with van der Waals surface area (Å²) in [5.41, 5.74) is 2.01. The molecule has 0 radical (unpaired) electrons. The molecule has 1 unspecified atom stereocenters. The van der Waals surface area contributed by atoms with Crippen molar-refractivity contribution in [3.63, 3.8) is 0 Å². The van der Waals surface area contributed by atoms with Gasteiger partial charge in [-0.25, -0.2) is 9.78 Å². The molecule has 1 aliphatic rings. The van der Waals surface area contributed by atoms with E-state index in [-0.39, 0.29) is 10.2 Å². The topological polar surface area (TPSA) is 83.4 Å². The number of thioether (sulfide) groups is 1. The Bertz CT molecular complexity index is 911. The number of aliphatic carboxylic acids is 1. The van der Waals surface area contributed by atoms with Crippen LogP contribution in [0.25, 0.3) is 17.1 Å². The lowest BCUT2D eigenvalue weighted by Crippen LogP contribution is -2.47. The molecule has 0 saturated carbocycles. The molecule has 3 rings (SSSR count). The van der Waals surface area contributed by atoms with Gasteiger partial charge in [-0.2, -0.15) is 0 Å². The van der Waals surface area contributed by atoms with Crippen LogP contribution in [-0.4, -0.2) is 42.2 Å².